The molecular weight excluding hydrogens is 252 g/mol. The molecule has 1 fully saturated rings. The second-order valence-electron chi connectivity index (χ2n) is 5.19. The highest BCUT2D eigenvalue weighted by atomic mass is 32.2. The smallest absolute Gasteiger partial charge is 0.0235 e. The van der Waals surface area contributed by atoms with E-state index in [1.807, 2.05) is 0 Å². The van der Waals surface area contributed by atoms with Gasteiger partial charge in [0.2, 0.25) is 0 Å². The lowest BCUT2D eigenvalue weighted by molar-refractivity contribution is 0.200. The summed E-state index contributed by atoms with van der Waals surface area (Å²) >= 11 is 2.06. The van der Waals surface area contributed by atoms with E-state index in [9.17, 15) is 0 Å². The van der Waals surface area contributed by atoms with Crippen molar-refractivity contribution in [2.75, 3.05) is 37.7 Å². The summed E-state index contributed by atoms with van der Waals surface area (Å²) in [6.07, 6.45) is 2.48. The molecule has 3 heteroatoms. The summed E-state index contributed by atoms with van der Waals surface area (Å²) in [5, 5.41) is 3.65. The zero-order chi connectivity index (χ0) is 13.3. The highest BCUT2D eigenvalue weighted by Crippen LogP contribution is 2.09. The normalized spacial score (nSPS) is 20.6. The van der Waals surface area contributed by atoms with Gasteiger partial charge in [-0.15, -0.1) is 0 Å². The van der Waals surface area contributed by atoms with Gasteiger partial charge in [0.1, 0.15) is 0 Å². The maximum Gasteiger partial charge on any atom is 0.0235 e. The standard InChI is InChI=1S/C16H26N2S/c1-2-19-12-6-10-18-11-9-17-16(14-18)13-15-7-4-3-5-8-15/h3-5,7-8,16-17H,2,6,9-14H2,1H3. The van der Waals surface area contributed by atoms with Crippen molar-refractivity contribution in [1.82, 2.24) is 10.2 Å². The van der Waals surface area contributed by atoms with Crippen molar-refractivity contribution in [1.29, 1.82) is 0 Å². The fraction of sp³-hybridized carbons (Fsp3) is 0.625. The van der Waals surface area contributed by atoms with Crippen LogP contribution >= 0.6 is 11.8 Å². The van der Waals surface area contributed by atoms with Gasteiger partial charge in [0.05, 0.1) is 0 Å². The molecule has 2 nitrogen and oxygen atoms in total. The molecule has 1 aromatic rings. The number of nitrogens with zero attached hydrogens (tertiary/aromatic N) is 1. The van der Waals surface area contributed by atoms with Crippen molar-refractivity contribution in [3.8, 4) is 0 Å². The second-order valence-corrected chi connectivity index (χ2v) is 6.59. The molecule has 0 radical (unpaired) electrons. The van der Waals surface area contributed by atoms with Gasteiger partial charge in [-0.05, 0) is 36.5 Å². The second kappa shape index (κ2) is 8.62. The van der Waals surface area contributed by atoms with Crippen molar-refractivity contribution in [2.45, 2.75) is 25.8 Å². The van der Waals surface area contributed by atoms with Crippen LogP contribution in [0, 0.1) is 0 Å². The van der Waals surface area contributed by atoms with E-state index in [-0.39, 0.29) is 0 Å². The minimum absolute atomic E-state index is 0.620. The Labute approximate surface area is 122 Å². The summed E-state index contributed by atoms with van der Waals surface area (Å²) in [5.74, 6) is 2.56. The van der Waals surface area contributed by atoms with Crippen molar-refractivity contribution in [2.24, 2.45) is 0 Å². The summed E-state index contributed by atoms with van der Waals surface area (Å²) in [6.45, 7) is 7.05. The van der Waals surface area contributed by atoms with E-state index < -0.39 is 0 Å². The number of rotatable bonds is 7. The molecule has 0 aliphatic carbocycles. The number of nitrogens with one attached hydrogen (secondary N) is 1. The van der Waals surface area contributed by atoms with E-state index in [0.29, 0.717) is 6.04 Å². The molecule has 1 unspecified atom stereocenters. The van der Waals surface area contributed by atoms with Gasteiger partial charge >= 0.3 is 0 Å². The van der Waals surface area contributed by atoms with Gasteiger partial charge in [0.25, 0.3) is 0 Å². The molecule has 1 saturated heterocycles. The summed E-state index contributed by atoms with van der Waals surface area (Å²) in [6, 6.07) is 11.5. The van der Waals surface area contributed by atoms with Gasteiger partial charge in [-0.3, -0.25) is 0 Å². The van der Waals surface area contributed by atoms with E-state index >= 15 is 0 Å². The summed E-state index contributed by atoms with van der Waals surface area (Å²) in [4.78, 5) is 2.63. The Morgan fingerprint density at radius 1 is 1.32 bits per heavy atom. The monoisotopic (exact) mass is 278 g/mol. The van der Waals surface area contributed by atoms with Gasteiger partial charge < -0.3 is 10.2 Å². The number of hydrogen-bond donors (Lipinski definition) is 1. The first-order valence-electron chi connectivity index (χ1n) is 7.46. The zero-order valence-electron chi connectivity index (χ0n) is 12.0. The van der Waals surface area contributed by atoms with Crippen molar-refractivity contribution in [3.05, 3.63) is 35.9 Å². The minimum Gasteiger partial charge on any atom is -0.311 e. The van der Waals surface area contributed by atoms with Gasteiger partial charge in [-0.25, -0.2) is 0 Å². The molecule has 106 valence electrons. The molecule has 19 heavy (non-hydrogen) atoms. The fourth-order valence-corrected chi connectivity index (χ4v) is 3.29. The Morgan fingerprint density at radius 3 is 2.95 bits per heavy atom. The Hall–Kier alpha value is -0.510. The highest BCUT2D eigenvalue weighted by molar-refractivity contribution is 7.99. The summed E-state index contributed by atoms with van der Waals surface area (Å²) in [5.41, 5.74) is 1.45. The maximum atomic E-state index is 3.65. The largest absolute Gasteiger partial charge is 0.311 e. The third kappa shape index (κ3) is 5.55. The van der Waals surface area contributed by atoms with Crippen LogP contribution in [0.4, 0.5) is 0 Å². The van der Waals surface area contributed by atoms with Crippen molar-refractivity contribution < 1.29 is 0 Å². The van der Waals surface area contributed by atoms with Crippen LogP contribution in [0.1, 0.15) is 18.9 Å². The third-order valence-electron chi connectivity index (χ3n) is 3.63. The van der Waals surface area contributed by atoms with Crippen LogP contribution in [0.3, 0.4) is 0 Å². The lowest BCUT2D eigenvalue weighted by Crippen LogP contribution is -2.51. The predicted octanol–water partition coefficient (Wildman–Crippen LogP) is 2.65. The predicted molar refractivity (Wildman–Crippen MR) is 86.0 cm³/mol. The SMILES string of the molecule is CCSCCCN1CCNC(Cc2ccccc2)C1. The molecule has 1 aliphatic rings. The Morgan fingerprint density at radius 2 is 2.16 bits per heavy atom. The Bertz CT molecular complexity index is 342. The van der Waals surface area contributed by atoms with Crippen LogP contribution in [-0.4, -0.2) is 48.6 Å². The quantitative estimate of drug-likeness (QED) is 0.772. The number of hydrogen-bond acceptors (Lipinski definition) is 3. The lowest BCUT2D eigenvalue weighted by Gasteiger charge is -2.33. The first kappa shape index (κ1) is 14.9. The van der Waals surface area contributed by atoms with Crippen LogP contribution < -0.4 is 5.32 Å². The van der Waals surface area contributed by atoms with E-state index in [4.69, 9.17) is 0 Å². The molecule has 0 amide bonds. The molecule has 1 heterocycles. The molecule has 0 aromatic heterocycles. The first-order chi connectivity index (χ1) is 9.38. The molecule has 1 aromatic carbocycles. The average molecular weight is 278 g/mol. The number of thioether (sulfide) groups is 1. The molecule has 0 bridgehead atoms. The zero-order valence-corrected chi connectivity index (χ0v) is 12.8. The fourth-order valence-electron chi connectivity index (χ4n) is 2.67. The van der Waals surface area contributed by atoms with Crippen molar-refractivity contribution in [3.63, 3.8) is 0 Å². The first-order valence-corrected chi connectivity index (χ1v) is 8.61. The molecule has 1 N–H and O–H groups in total. The van der Waals surface area contributed by atoms with Crippen LogP contribution in [0.15, 0.2) is 30.3 Å². The van der Waals surface area contributed by atoms with Crippen LogP contribution in [0.2, 0.25) is 0 Å². The van der Waals surface area contributed by atoms with Gasteiger partial charge in [-0.2, -0.15) is 11.8 Å². The molecular formula is C16H26N2S. The van der Waals surface area contributed by atoms with Crippen LogP contribution in [-0.2, 0) is 6.42 Å². The van der Waals surface area contributed by atoms with Gasteiger partial charge in [-0.1, -0.05) is 37.3 Å². The van der Waals surface area contributed by atoms with E-state index in [1.165, 1.54) is 43.1 Å². The lowest BCUT2D eigenvalue weighted by atomic mass is 10.0. The summed E-state index contributed by atoms with van der Waals surface area (Å²) in [7, 11) is 0. The maximum absolute atomic E-state index is 3.65. The van der Waals surface area contributed by atoms with E-state index in [0.717, 1.165) is 13.0 Å². The molecule has 2 rings (SSSR count). The van der Waals surface area contributed by atoms with E-state index in [1.54, 1.807) is 0 Å². The third-order valence-corrected chi connectivity index (χ3v) is 4.62. The molecule has 0 spiro atoms. The number of benzene rings is 1. The van der Waals surface area contributed by atoms with Gasteiger partial charge in [0.15, 0.2) is 0 Å². The Kier molecular flexibility index (Phi) is 6.75. The van der Waals surface area contributed by atoms with Crippen molar-refractivity contribution >= 4 is 11.8 Å². The summed E-state index contributed by atoms with van der Waals surface area (Å²) < 4.78 is 0. The average Bonchev–Trinajstić information content (AvgIpc) is 2.45. The highest BCUT2D eigenvalue weighted by Gasteiger charge is 2.18. The molecule has 1 aliphatic heterocycles. The van der Waals surface area contributed by atoms with Crippen LogP contribution in [0.25, 0.3) is 0 Å². The van der Waals surface area contributed by atoms with E-state index in [2.05, 4.69) is 59.2 Å². The Balaban J connectivity index is 1.71. The topological polar surface area (TPSA) is 15.3 Å². The van der Waals surface area contributed by atoms with Crippen LogP contribution in [0.5, 0.6) is 0 Å². The number of piperazine rings is 1. The minimum atomic E-state index is 0.620. The van der Waals surface area contributed by atoms with Gasteiger partial charge in [0, 0.05) is 25.7 Å². The molecule has 0 saturated carbocycles. The molecule has 1 atom stereocenters.